The van der Waals surface area contributed by atoms with E-state index in [0.717, 1.165) is 9.13 Å². The maximum Gasteiger partial charge on any atom is 0.252 e. The molecule has 98 valence electrons. The van der Waals surface area contributed by atoms with Crippen LogP contribution in [0.5, 0.6) is 0 Å². The Hall–Kier alpha value is -1.43. The van der Waals surface area contributed by atoms with Crippen LogP contribution in [0.1, 0.15) is 15.9 Å². The molecular formula is C15H13FINO. The fourth-order valence-corrected chi connectivity index (χ4v) is 2.34. The van der Waals surface area contributed by atoms with Crippen molar-refractivity contribution in [2.45, 2.75) is 6.42 Å². The highest BCUT2D eigenvalue weighted by molar-refractivity contribution is 14.1. The molecule has 2 nitrogen and oxygen atoms in total. The van der Waals surface area contributed by atoms with E-state index in [9.17, 15) is 9.18 Å². The number of rotatable bonds is 4. The first kappa shape index (κ1) is 14.0. The first-order valence-electron chi connectivity index (χ1n) is 5.94. The van der Waals surface area contributed by atoms with Gasteiger partial charge in [-0.2, -0.15) is 0 Å². The van der Waals surface area contributed by atoms with E-state index in [0.29, 0.717) is 18.5 Å². The van der Waals surface area contributed by atoms with E-state index in [1.54, 1.807) is 18.2 Å². The number of carbonyl (C=O) groups is 1. The summed E-state index contributed by atoms with van der Waals surface area (Å²) >= 11 is 2.14. The van der Waals surface area contributed by atoms with Crippen LogP contribution in [0.2, 0.25) is 0 Å². The van der Waals surface area contributed by atoms with Crippen LogP contribution in [-0.2, 0) is 6.42 Å². The van der Waals surface area contributed by atoms with Crippen LogP contribution in [0.4, 0.5) is 4.39 Å². The molecule has 0 aliphatic rings. The van der Waals surface area contributed by atoms with Gasteiger partial charge in [-0.25, -0.2) is 4.39 Å². The molecule has 0 atom stereocenters. The number of halogens is 2. The molecule has 0 radical (unpaired) electrons. The van der Waals surface area contributed by atoms with Crippen LogP contribution < -0.4 is 5.32 Å². The monoisotopic (exact) mass is 369 g/mol. The molecule has 0 fully saturated rings. The molecule has 0 spiro atoms. The lowest BCUT2D eigenvalue weighted by Gasteiger charge is -2.07. The van der Waals surface area contributed by atoms with Gasteiger partial charge >= 0.3 is 0 Å². The van der Waals surface area contributed by atoms with Crippen LogP contribution in [0.25, 0.3) is 0 Å². The highest BCUT2D eigenvalue weighted by Crippen LogP contribution is 2.11. The third-order valence-corrected chi connectivity index (χ3v) is 3.67. The van der Waals surface area contributed by atoms with Gasteiger partial charge in [-0.15, -0.1) is 0 Å². The lowest BCUT2D eigenvalue weighted by atomic mass is 10.1. The Morgan fingerprint density at radius 2 is 1.79 bits per heavy atom. The second-order valence-electron chi connectivity index (χ2n) is 4.11. The molecule has 0 aliphatic carbocycles. The van der Waals surface area contributed by atoms with Gasteiger partial charge in [-0.05, 0) is 58.8 Å². The molecule has 1 amide bonds. The Morgan fingerprint density at radius 1 is 1.11 bits per heavy atom. The summed E-state index contributed by atoms with van der Waals surface area (Å²) < 4.78 is 13.7. The fourth-order valence-electron chi connectivity index (χ4n) is 1.71. The first-order valence-corrected chi connectivity index (χ1v) is 7.02. The van der Waals surface area contributed by atoms with Crippen LogP contribution in [0.15, 0.2) is 48.5 Å². The van der Waals surface area contributed by atoms with Gasteiger partial charge in [-0.3, -0.25) is 4.79 Å². The summed E-state index contributed by atoms with van der Waals surface area (Å²) in [6, 6.07) is 13.8. The molecular weight excluding hydrogens is 356 g/mol. The first-order chi connectivity index (χ1) is 9.16. The zero-order valence-corrected chi connectivity index (χ0v) is 12.4. The van der Waals surface area contributed by atoms with Gasteiger partial charge in [0.2, 0.25) is 0 Å². The predicted octanol–water partition coefficient (Wildman–Crippen LogP) is 3.40. The molecule has 2 aromatic carbocycles. The number of hydrogen-bond donors (Lipinski definition) is 1. The van der Waals surface area contributed by atoms with E-state index in [4.69, 9.17) is 0 Å². The summed E-state index contributed by atoms with van der Waals surface area (Å²) in [7, 11) is 0. The zero-order chi connectivity index (χ0) is 13.7. The SMILES string of the molecule is O=C(NCCc1ccc(F)cc1)c1ccccc1I. The van der Waals surface area contributed by atoms with E-state index in [1.165, 1.54) is 12.1 Å². The molecule has 2 rings (SSSR count). The summed E-state index contributed by atoms with van der Waals surface area (Å²) in [5, 5.41) is 2.87. The van der Waals surface area contributed by atoms with E-state index < -0.39 is 0 Å². The van der Waals surface area contributed by atoms with Crippen LogP contribution in [0.3, 0.4) is 0 Å². The lowest BCUT2D eigenvalue weighted by molar-refractivity contribution is 0.0953. The second-order valence-corrected chi connectivity index (χ2v) is 5.27. The minimum atomic E-state index is -0.244. The molecule has 4 heteroatoms. The molecule has 0 aromatic heterocycles. The molecule has 0 aliphatic heterocycles. The Kier molecular flexibility index (Phi) is 4.90. The van der Waals surface area contributed by atoms with E-state index in [2.05, 4.69) is 27.9 Å². The molecule has 19 heavy (non-hydrogen) atoms. The average molecular weight is 369 g/mol. The van der Waals surface area contributed by atoms with E-state index in [-0.39, 0.29) is 11.7 Å². The minimum absolute atomic E-state index is 0.0767. The molecule has 0 saturated carbocycles. The van der Waals surface area contributed by atoms with Crippen molar-refractivity contribution in [3.05, 3.63) is 69.0 Å². The second kappa shape index (κ2) is 6.65. The number of nitrogens with one attached hydrogen (secondary N) is 1. The van der Waals surface area contributed by atoms with Crippen molar-refractivity contribution < 1.29 is 9.18 Å². The normalized spacial score (nSPS) is 10.2. The smallest absolute Gasteiger partial charge is 0.252 e. The summed E-state index contributed by atoms with van der Waals surface area (Å²) in [4.78, 5) is 11.9. The summed E-state index contributed by atoms with van der Waals surface area (Å²) in [5.41, 5.74) is 1.69. The highest BCUT2D eigenvalue weighted by atomic mass is 127. The summed E-state index contributed by atoms with van der Waals surface area (Å²) in [6.45, 7) is 0.537. The van der Waals surface area contributed by atoms with Gasteiger partial charge in [0, 0.05) is 10.1 Å². The van der Waals surface area contributed by atoms with Gasteiger partial charge in [0.15, 0.2) is 0 Å². The van der Waals surface area contributed by atoms with Crippen molar-refractivity contribution in [3.8, 4) is 0 Å². The van der Waals surface area contributed by atoms with Crippen molar-refractivity contribution in [2.75, 3.05) is 6.54 Å². The minimum Gasteiger partial charge on any atom is -0.352 e. The standard InChI is InChI=1S/C15H13FINO/c16-12-7-5-11(6-8-12)9-10-18-15(19)13-3-1-2-4-14(13)17/h1-8H,9-10H2,(H,18,19). The fraction of sp³-hybridized carbons (Fsp3) is 0.133. The zero-order valence-electron chi connectivity index (χ0n) is 10.2. The maximum absolute atomic E-state index is 12.7. The topological polar surface area (TPSA) is 29.1 Å². The summed E-state index contributed by atoms with van der Waals surface area (Å²) in [6.07, 6.45) is 0.690. The average Bonchev–Trinajstić information content (AvgIpc) is 2.41. The van der Waals surface area contributed by atoms with Crippen LogP contribution in [0, 0.1) is 9.39 Å². The summed E-state index contributed by atoms with van der Waals surface area (Å²) in [5.74, 6) is -0.321. The van der Waals surface area contributed by atoms with Crippen LogP contribution >= 0.6 is 22.6 Å². The Labute approximate surface area is 125 Å². The number of hydrogen-bond acceptors (Lipinski definition) is 1. The number of amides is 1. The largest absolute Gasteiger partial charge is 0.352 e. The maximum atomic E-state index is 12.7. The Morgan fingerprint density at radius 3 is 2.47 bits per heavy atom. The number of benzene rings is 2. The Balaban J connectivity index is 1.88. The van der Waals surface area contributed by atoms with Crippen molar-refractivity contribution in [3.63, 3.8) is 0 Å². The van der Waals surface area contributed by atoms with E-state index >= 15 is 0 Å². The predicted molar refractivity (Wildman–Crippen MR) is 81.6 cm³/mol. The molecule has 0 unspecified atom stereocenters. The van der Waals surface area contributed by atoms with Crippen molar-refractivity contribution in [2.24, 2.45) is 0 Å². The van der Waals surface area contributed by atoms with Crippen molar-refractivity contribution in [1.29, 1.82) is 0 Å². The molecule has 0 saturated heterocycles. The van der Waals surface area contributed by atoms with Crippen LogP contribution in [-0.4, -0.2) is 12.5 Å². The molecule has 0 bridgehead atoms. The third kappa shape index (κ3) is 4.02. The lowest BCUT2D eigenvalue weighted by Crippen LogP contribution is -2.26. The highest BCUT2D eigenvalue weighted by Gasteiger charge is 2.07. The van der Waals surface area contributed by atoms with Gasteiger partial charge in [0.25, 0.3) is 5.91 Å². The molecule has 2 aromatic rings. The van der Waals surface area contributed by atoms with Crippen molar-refractivity contribution in [1.82, 2.24) is 5.32 Å². The molecule has 0 heterocycles. The van der Waals surface area contributed by atoms with Gasteiger partial charge < -0.3 is 5.32 Å². The number of carbonyl (C=O) groups excluding carboxylic acids is 1. The van der Waals surface area contributed by atoms with E-state index in [1.807, 2.05) is 18.2 Å². The Bertz CT molecular complexity index is 569. The van der Waals surface area contributed by atoms with Gasteiger partial charge in [-0.1, -0.05) is 24.3 Å². The van der Waals surface area contributed by atoms with Crippen molar-refractivity contribution >= 4 is 28.5 Å². The van der Waals surface area contributed by atoms with Gasteiger partial charge in [0.05, 0.1) is 5.56 Å². The van der Waals surface area contributed by atoms with Gasteiger partial charge in [0.1, 0.15) is 5.82 Å². The molecule has 1 N–H and O–H groups in total. The quantitative estimate of drug-likeness (QED) is 0.823. The third-order valence-electron chi connectivity index (χ3n) is 2.73.